The summed E-state index contributed by atoms with van der Waals surface area (Å²) >= 11 is 0. The summed E-state index contributed by atoms with van der Waals surface area (Å²) in [4.78, 5) is 19.5. The highest BCUT2D eigenvalue weighted by Crippen LogP contribution is 2.21. The largest absolute Gasteiger partial charge is 0.478 e. The van der Waals surface area contributed by atoms with Crippen LogP contribution < -0.4 is 0 Å². The Labute approximate surface area is 109 Å². The summed E-state index contributed by atoms with van der Waals surface area (Å²) < 4.78 is 1.92. The van der Waals surface area contributed by atoms with Crippen LogP contribution >= 0.6 is 0 Å². The van der Waals surface area contributed by atoms with E-state index in [0.717, 1.165) is 22.5 Å². The van der Waals surface area contributed by atoms with E-state index in [4.69, 9.17) is 5.11 Å². The highest BCUT2D eigenvalue weighted by Gasteiger charge is 2.10. The number of nitrogens with zero attached hydrogens (tertiary/aromatic N) is 3. The van der Waals surface area contributed by atoms with E-state index in [1.54, 1.807) is 30.6 Å². The molecule has 5 nitrogen and oxygen atoms in total. The minimum Gasteiger partial charge on any atom is -0.478 e. The molecule has 0 spiro atoms. The topological polar surface area (TPSA) is 68.0 Å². The van der Waals surface area contributed by atoms with Gasteiger partial charge in [0.25, 0.3) is 0 Å². The first-order valence-electron chi connectivity index (χ1n) is 5.79. The van der Waals surface area contributed by atoms with Crippen LogP contribution in [0, 0.1) is 6.92 Å². The molecule has 3 aromatic rings. The van der Waals surface area contributed by atoms with Gasteiger partial charge < -0.3 is 5.11 Å². The second kappa shape index (κ2) is 4.20. The molecule has 0 amide bonds. The third-order valence-electron chi connectivity index (χ3n) is 2.98. The average molecular weight is 253 g/mol. The molecule has 0 atom stereocenters. The molecule has 0 fully saturated rings. The molecule has 2 aromatic heterocycles. The van der Waals surface area contributed by atoms with Gasteiger partial charge in [0, 0.05) is 11.9 Å². The van der Waals surface area contributed by atoms with Gasteiger partial charge in [-0.3, -0.25) is 9.55 Å². The van der Waals surface area contributed by atoms with Gasteiger partial charge >= 0.3 is 5.97 Å². The fourth-order valence-corrected chi connectivity index (χ4v) is 2.16. The van der Waals surface area contributed by atoms with Gasteiger partial charge in [0.05, 0.1) is 17.3 Å². The maximum absolute atomic E-state index is 11.0. The number of aromatic carboxylic acids is 1. The van der Waals surface area contributed by atoms with Gasteiger partial charge in [-0.1, -0.05) is 6.07 Å². The van der Waals surface area contributed by atoms with Crippen molar-refractivity contribution in [2.45, 2.75) is 6.92 Å². The molecule has 1 N–H and O–H groups in total. The predicted molar refractivity (Wildman–Crippen MR) is 70.6 cm³/mol. The summed E-state index contributed by atoms with van der Waals surface area (Å²) in [5, 5.41) is 9.05. The van der Waals surface area contributed by atoms with Gasteiger partial charge in [-0.15, -0.1) is 0 Å². The average Bonchev–Trinajstić information content (AvgIpc) is 2.74. The quantitative estimate of drug-likeness (QED) is 0.761. The molecule has 5 heteroatoms. The van der Waals surface area contributed by atoms with Crippen molar-refractivity contribution in [3.8, 4) is 5.69 Å². The Morgan fingerprint density at radius 1 is 1.32 bits per heavy atom. The molecule has 0 aliphatic heterocycles. The number of carboxylic acids is 1. The van der Waals surface area contributed by atoms with Gasteiger partial charge in [0.1, 0.15) is 11.3 Å². The lowest BCUT2D eigenvalue weighted by molar-refractivity contribution is 0.0697. The number of benzene rings is 1. The van der Waals surface area contributed by atoms with Gasteiger partial charge in [-0.05, 0) is 31.2 Å². The van der Waals surface area contributed by atoms with Crippen molar-refractivity contribution in [3.05, 3.63) is 54.1 Å². The third-order valence-corrected chi connectivity index (χ3v) is 2.98. The number of hydrogen-bond acceptors (Lipinski definition) is 3. The number of fused-ring (bicyclic) bond motifs is 1. The van der Waals surface area contributed by atoms with Crippen LogP contribution in [0.3, 0.4) is 0 Å². The molecule has 2 heterocycles. The zero-order chi connectivity index (χ0) is 13.4. The summed E-state index contributed by atoms with van der Waals surface area (Å²) in [6.45, 7) is 1.88. The second-order valence-electron chi connectivity index (χ2n) is 4.21. The predicted octanol–water partition coefficient (Wildman–Crippen LogP) is 2.43. The van der Waals surface area contributed by atoms with Crippen molar-refractivity contribution < 1.29 is 9.90 Å². The number of carbonyl (C=O) groups is 1. The van der Waals surface area contributed by atoms with E-state index >= 15 is 0 Å². The van der Waals surface area contributed by atoms with Crippen molar-refractivity contribution in [3.63, 3.8) is 0 Å². The van der Waals surface area contributed by atoms with Crippen LogP contribution in [-0.2, 0) is 0 Å². The minimum absolute atomic E-state index is 0.257. The molecule has 94 valence electrons. The van der Waals surface area contributed by atoms with Crippen LogP contribution in [0.15, 0.2) is 42.7 Å². The molecule has 0 bridgehead atoms. The number of imidazole rings is 1. The first kappa shape index (κ1) is 11.4. The number of pyridine rings is 1. The third kappa shape index (κ3) is 1.85. The number of hydrogen-bond donors (Lipinski definition) is 1. The van der Waals surface area contributed by atoms with E-state index in [1.807, 2.05) is 23.6 Å². The van der Waals surface area contributed by atoms with Crippen LogP contribution in [-0.4, -0.2) is 25.6 Å². The van der Waals surface area contributed by atoms with Crippen molar-refractivity contribution in [2.24, 2.45) is 0 Å². The number of aromatic nitrogens is 3. The van der Waals surface area contributed by atoms with Crippen LogP contribution in [0.4, 0.5) is 0 Å². The van der Waals surface area contributed by atoms with Crippen LogP contribution in [0.25, 0.3) is 16.7 Å². The Morgan fingerprint density at radius 3 is 2.95 bits per heavy atom. The Morgan fingerprint density at radius 2 is 2.16 bits per heavy atom. The molecule has 0 saturated heterocycles. The summed E-state index contributed by atoms with van der Waals surface area (Å²) in [6.07, 6.45) is 3.39. The molecule has 3 rings (SSSR count). The van der Waals surface area contributed by atoms with Crippen molar-refractivity contribution in [2.75, 3.05) is 0 Å². The molecule has 0 saturated carbocycles. The fraction of sp³-hybridized carbons (Fsp3) is 0.0714. The highest BCUT2D eigenvalue weighted by atomic mass is 16.4. The summed E-state index contributed by atoms with van der Waals surface area (Å²) in [6, 6.07) is 8.66. The maximum Gasteiger partial charge on any atom is 0.335 e. The normalized spacial score (nSPS) is 10.8. The fourth-order valence-electron chi connectivity index (χ4n) is 2.16. The van der Waals surface area contributed by atoms with Crippen molar-refractivity contribution >= 4 is 17.0 Å². The molecule has 19 heavy (non-hydrogen) atoms. The second-order valence-corrected chi connectivity index (χ2v) is 4.21. The lowest BCUT2D eigenvalue weighted by Gasteiger charge is -2.07. The molecule has 0 unspecified atom stereocenters. The Bertz CT molecular complexity index is 777. The summed E-state index contributed by atoms with van der Waals surface area (Å²) in [5.41, 5.74) is 2.75. The van der Waals surface area contributed by atoms with E-state index < -0.39 is 5.97 Å². The van der Waals surface area contributed by atoms with Gasteiger partial charge in [0.2, 0.25) is 0 Å². The van der Waals surface area contributed by atoms with Gasteiger partial charge in [-0.2, -0.15) is 0 Å². The zero-order valence-electron chi connectivity index (χ0n) is 10.2. The minimum atomic E-state index is -0.939. The standard InChI is InChI=1S/C14H11N3O2/c1-9-16-12-8-15-6-5-13(12)17(9)11-4-2-3-10(7-11)14(18)19/h2-8H,1H3,(H,18,19). The number of aryl methyl sites for hydroxylation is 1. The van der Waals surface area contributed by atoms with E-state index in [-0.39, 0.29) is 5.56 Å². The number of rotatable bonds is 2. The Hall–Kier alpha value is -2.69. The Kier molecular flexibility index (Phi) is 2.52. The first-order valence-corrected chi connectivity index (χ1v) is 5.79. The Balaban J connectivity index is 2.27. The summed E-state index contributed by atoms with van der Waals surface area (Å²) in [7, 11) is 0. The van der Waals surface area contributed by atoms with E-state index in [2.05, 4.69) is 9.97 Å². The van der Waals surface area contributed by atoms with Gasteiger partial charge in [-0.25, -0.2) is 9.78 Å². The monoisotopic (exact) mass is 253 g/mol. The lowest BCUT2D eigenvalue weighted by atomic mass is 10.2. The molecule has 0 radical (unpaired) electrons. The zero-order valence-corrected chi connectivity index (χ0v) is 10.2. The first-order chi connectivity index (χ1) is 9.16. The molecule has 1 aromatic carbocycles. The van der Waals surface area contributed by atoms with Crippen molar-refractivity contribution in [1.29, 1.82) is 0 Å². The van der Waals surface area contributed by atoms with E-state index in [0.29, 0.717) is 0 Å². The highest BCUT2D eigenvalue weighted by molar-refractivity contribution is 5.88. The van der Waals surface area contributed by atoms with E-state index in [9.17, 15) is 4.79 Å². The van der Waals surface area contributed by atoms with Crippen LogP contribution in [0.2, 0.25) is 0 Å². The van der Waals surface area contributed by atoms with Gasteiger partial charge in [0.15, 0.2) is 0 Å². The molecule has 0 aliphatic carbocycles. The molecular weight excluding hydrogens is 242 g/mol. The number of carboxylic acid groups (broad SMARTS) is 1. The van der Waals surface area contributed by atoms with E-state index in [1.165, 1.54) is 0 Å². The smallest absolute Gasteiger partial charge is 0.335 e. The van der Waals surface area contributed by atoms with Crippen molar-refractivity contribution in [1.82, 2.24) is 14.5 Å². The van der Waals surface area contributed by atoms with Crippen LogP contribution in [0.1, 0.15) is 16.2 Å². The summed E-state index contributed by atoms with van der Waals surface area (Å²) in [5.74, 6) is -0.142. The molecular formula is C14H11N3O2. The molecule has 0 aliphatic rings. The maximum atomic E-state index is 11.0. The van der Waals surface area contributed by atoms with Crippen LogP contribution in [0.5, 0.6) is 0 Å². The SMILES string of the molecule is Cc1nc2cnccc2n1-c1cccc(C(=O)O)c1. The lowest BCUT2D eigenvalue weighted by Crippen LogP contribution is -2.01.